The van der Waals surface area contributed by atoms with E-state index >= 15 is 0 Å². The molecule has 0 unspecified atom stereocenters. The number of benzene rings is 1. The molecule has 26 heavy (non-hydrogen) atoms. The summed E-state index contributed by atoms with van der Waals surface area (Å²) in [5.41, 5.74) is 0.745. The van der Waals surface area contributed by atoms with Gasteiger partial charge in [0.2, 0.25) is 5.91 Å². The van der Waals surface area contributed by atoms with Crippen molar-refractivity contribution in [2.75, 3.05) is 6.54 Å². The SMILES string of the molecule is CC[C@@H](C(=O)NCCn1nc(-n2cncn2)ccc1=O)c1ccccc1. The molecule has 8 heteroatoms. The van der Waals surface area contributed by atoms with Crippen LogP contribution in [-0.4, -0.2) is 37.0 Å². The van der Waals surface area contributed by atoms with Gasteiger partial charge in [-0.2, -0.15) is 5.10 Å². The summed E-state index contributed by atoms with van der Waals surface area (Å²) >= 11 is 0. The van der Waals surface area contributed by atoms with E-state index in [0.29, 0.717) is 18.8 Å². The number of carbonyl (C=O) groups excluding carboxylic acids is 1. The van der Waals surface area contributed by atoms with Crippen LogP contribution < -0.4 is 10.9 Å². The fraction of sp³-hybridized carbons (Fsp3) is 0.278. The van der Waals surface area contributed by atoms with Gasteiger partial charge in [0.1, 0.15) is 12.7 Å². The quantitative estimate of drug-likeness (QED) is 0.688. The zero-order valence-electron chi connectivity index (χ0n) is 14.4. The van der Waals surface area contributed by atoms with Gasteiger partial charge in [0.15, 0.2) is 5.82 Å². The molecule has 0 saturated heterocycles. The molecule has 0 bridgehead atoms. The molecule has 2 heterocycles. The lowest BCUT2D eigenvalue weighted by Gasteiger charge is -2.15. The number of nitrogens with zero attached hydrogens (tertiary/aromatic N) is 5. The summed E-state index contributed by atoms with van der Waals surface area (Å²) in [6.07, 6.45) is 3.60. The van der Waals surface area contributed by atoms with Crippen LogP contribution in [0.15, 0.2) is 59.9 Å². The first-order chi connectivity index (χ1) is 12.7. The van der Waals surface area contributed by atoms with Crippen LogP contribution in [0.25, 0.3) is 5.82 Å². The Bertz CT molecular complexity index is 905. The molecule has 0 aliphatic rings. The molecule has 1 amide bonds. The zero-order valence-corrected chi connectivity index (χ0v) is 14.4. The van der Waals surface area contributed by atoms with E-state index in [9.17, 15) is 9.59 Å². The minimum atomic E-state index is -0.238. The van der Waals surface area contributed by atoms with Crippen LogP contribution in [0.1, 0.15) is 24.8 Å². The number of hydrogen-bond donors (Lipinski definition) is 1. The molecular weight excluding hydrogens is 332 g/mol. The highest BCUT2D eigenvalue weighted by Gasteiger charge is 2.17. The molecule has 0 aliphatic carbocycles. The Labute approximate surface area is 150 Å². The van der Waals surface area contributed by atoms with Crippen molar-refractivity contribution in [1.82, 2.24) is 29.9 Å². The molecule has 0 radical (unpaired) electrons. The molecule has 2 aromatic heterocycles. The minimum Gasteiger partial charge on any atom is -0.354 e. The number of amides is 1. The maximum Gasteiger partial charge on any atom is 0.266 e. The van der Waals surface area contributed by atoms with Gasteiger partial charge in [-0.05, 0) is 18.1 Å². The van der Waals surface area contributed by atoms with Crippen molar-refractivity contribution >= 4 is 5.91 Å². The first-order valence-corrected chi connectivity index (χ1v) is 8.45. The molecule has 8 nitrogen and oxygen atoms in total. The Morgan fingerprint density at radius 1 is 1.19 bits per heavy atom. The van der Waals surface area contributed by atoms with Gasteiger partial charge in [0, 0.05) is 12.6 Å². The third-order valence-electron chi connectivity index (χ3n) is 4.06. The summed E-state index contributed by atoms with van der Waals surface area (Å²) in [6, 6.07) is 12.7. The molecule has 134 valence electrons. The predicted octanol–water partition coefficient (Wildman–Crippen LogP) is 1.13. The highest BCUT2D eigenvalue weighted by Crippen LogP contribution is 2.18. The first kappa shape index (κ1) is 17.5. The van der Waals surface area contributed by atoms with Gasteiger partial charge < -0.3 is 5.32 Å². The third-order valence-corrected chi connectivity index (χ3v) is 4.06. The van der Waals surface area contributed by atoms with Crippen LogP contribution in [0.5, 0.6) is 0 Å². The van der Waals surface area contributed by atoms with Crippen LogP contribution in [0.3, 0.4) is 0 Å². The second-order valence-electron chi connectivity index (χ2n) is 5.76. The molecule has 1 N–H and O–H groups in total. The van der Waals surface area contributed by atoms with Crippen molar-refractivity contribution in [2.24, 2.45) is 0 Å². The van der Waals surface area contributed by atoms with Crippen molar-refractivity contribution in [2.45, 2.75) is 25.8 Å². The summed E-state index contributed by atoms with van der Waals surface area (Å²) in [7, 11) is 0. The van der Waals surface area contributed by atoms with Crippen molar-refractivity contribution in [3.63, 3.8) is 0 Å². The van der Waals surface area contributed by atoms with E-state index in [1.54, 1.807) is 6.07 Å². The van der Waals surface area contributed by atoms with Gasteiger partial charge >= 0.3 is 0 Å². The highest BCUT2D eigenvalue weighted by atomic mass is 16.2. The number of carbonyl (C=O) groups is 1. The van der Waals surface area contributed by atoms with E-state index in [2.05, 4.69) is 20.5 Å². The zero-order chi connectivity index (χ0) is 18.4. The molecule has 1 atom stereocenters. The van der Waals surface area contributed by atoms with Crippen LogP contribution in [0.4, 0.5) is 0 Å². The lowest BCUT2D eigenvalue weighted by molar-refractivity contribution is -0.122. The average Bonchev–Trinajstić information content (AvgIpc) is 3.19. The lowest BCUT2D eigenvalue weighted by Crippen LogP contribution is -2.34. The normalized spacial score (nSPS) is 11.9. The summed E-state index contributed by atoms with van der Waals surface area (Å²) in [5.74, 6) is 0.227. The number of nitrogens with one attached hydrogen (secondary N) is 1. The van der Waals surface area contributed by atoms with Gasteiger partial charge in [0.05, 0.1) is 12.5 Å². The monoisotopic (exact) mass is 352 g/mol. The van der Waals surface area contributed by atoms with Crippen molar-refractivity contribution in [3.05, 3.63) is 71.0 Å². The van der Waals surface area contributed by atoms with Gasteiger partial charge in [0.25, 0.3) is 5.56 Å². The average molecular weight is 352 g/mol. The molecule has 1 aromatic carbocycles. The third kappa shape index (κ3) is 4.02. The Hall–Kier alpha value is -3.29. The van der Waals surface area contributed by atoms with Crippen LogP contribution in [0, 0.1) is 0 Å². The fourth-order valence-corrected chi connectivity index (χ4v) is 2.71. The van der Waals surface area contributed by atoms with Crippen molar-refractivity contribution < 1.29 is 4.79 Å². The van der Waals surface area contributed by atoms with E-state index in [1.165, 1.54) is 28.1 Å². The van der Waals surface area contributed by atoms with E-state index in [1.807, 2.05) is 37.3 Å². The van der Waals surface area contributed by atoms with Crippen molar-refractivity contribution in [1.29, 1.82) is 0 Å². The maximum atomic E-state index is 12.5. The Kier molecular flexibility index (Phi) is 5.52. The standard InChI is InChI=1S/C18H20N6O2/c1-2-15(14-6-4-3-5-7-14)18(26)20-10-11-23-17(25)9-8-16(22-23)24-13-19-12-21-24/h3-9,12-13,15H,2,10-11H2,1H3,(H,20,26)/t15-/m1/s1. The summed E-state index contributed by atoms with van der Waals surface area (Å²) in [6.45, 7) is 2.57. The second kappa shape index (κ2) is 8.19. The summed E-state index contributed by atoms with van der Waals surface area (Å²) < 4.78 is 2.78. The van der Waals surface area contributed by atoms with E-state index in [4.69, 9.17) is 0 Å². The Balaban J connectivity index is 1.63. The molecule has 0 aliphatic heterocycles. The highest BCUT2D eigenvalue weighted by molar-refractivity contribution is 5.83. The summed E-state index contributed by atoms with van der Waals surface area (Å²) in [5, 5.41) is 11.1. The van der Waals surface area contributed by atoms with E-state index < -0.39 is 0 Å². The molecule has 0 fully saturated rings. The van der Waals surface area contributed by atoms with Gasteiger partial charge in [-0.15, -0.1) is 5.10 Å². The molecular formula is C18H20N6O2. The van der Waals surface area contributed by atoms with Gasteiger partial charge in [-0.25, -0.2) is 14.3 Å². The molecule has 0 saturated carbocycles. The summed E-state index contributed by atoms with van der Waals surface area (Å²) in [4.78, 5) is 28.3. The minimum absolute atomic E-state index is 0.0563. The molecule has 3 rings (SSSR count). The second-order valence-corrected chi connectivity index (χ2v) is 5.76. The number of hydrogen-bond acceptors (Lipinski definition) is 5. The fourth-order valence-electron chi connectivity index (χ4n) is 2.71. The lowest BCUT2D eigenvalue weighted by atomic mass is 9.96. The van der Waals surface area contributed by atoms with Crippen LogP contribution in [-0.2, 0) is 11.3 Å². The maximum absolute atomic E-state index is 12.5. The number of rotatable bonds is 7. The van der Waals surface area contributed by atoms with E-state index in [0.717, 1.165) is 5.56 Å². The first-order valence-electron chi connectivity index (χ1n) is 8.45. The molecule has 3 aromatic rings. The van der Waals surface area contributed by atoms with Gasteiger partial charge in [-0.1, -0.05) is 37.3 Å². The Morgan fingerprint density at radius 2 is 2.00 bits per heavy atom. The topological polar surface area (TPSA) is 94.7 Å². The van der Waals surface area contributed by atoms with E-state index in [-0.39, 0.29) is 23.9 Å². The van der Waals surface area contributed by atoms with Gasteiger partial charge in [-0.3, -0.25) is 9.59 Å². The largest absolute Gasteiger partial charge is 0.354 e. The van der Waals surface area contributed by atoms with Crippen molar-refractivity contribution in [3.8, 4) is 5.82 Å². The smallest absolute Gasteiger partial charge is 0.266 e. The Morgan fingerprint density at radius 3 is 2.69 bits per heavy atom. The molecule has 0 spiro atoms. The van der Waals surface area contributed by atoms with Crippen LogP contribution >= 0.6 is 0 Å². The predicted molar refractivity (Wildman–Crippen MR) is 95.9 cm³/mol. The number of aromatic nitrogens is 5. The van der Waals surface area contributed by atoms with Crippen LogP contribution in [0.2, 0.25) is 0 Å².